The van der Waals surface area contributed by atoms with Gasteiger partial charge in [0, 0.05) is 18.4 Å². The van der Waals surface area contributed by atoms with Crippen molar-refractivity contribution >= 4 is 11.5 Å². The molecule has 0 aliphatic heterocycles. The summed E-state index contributed by atoms with van der Waals surface area (Å²) in [5.74, 6) is -0.133. The van der Waals surface area contributed by atoms with Crippen LogP contribution in [0.5, 0.6) is 0 Å². The van der Waals surface area contributed by atoms with E-state index in [1.54, 1.807) is 12.4 Å². The van der Waals surface area contributed by atoms with E-state index in [0.29, 0.717) is 5.69 Å². The quantitative estimate of drug-likeness (QED) is 0.620. The Bertz CT molecular complexity index is 510. The largest absolute Gasteiger partial charge is 0.370 e. The van der Waals surface area contributed by atoms with Gasteiger partial charge in [-0.15, -0.1) is 5.10 Å². The van der Waals surface area contributed by atoms with Crippen LogP contribution in [0.1, 0.15) is 18.5 Å². The molecule has 0 spiro atoms. The molecule has 88 valence electrons. The number of hydrogen-bond donors (Lipinski definition) is 2. The number of pyridine rings is 1. The molecule has 1 atom stereocenters. The van der Waals surface area contributed by atoms with Gasteiger partial charge >= 0.3 is 5.82 Å². The van der Waals surface area contributed by atoms with Crippen molar-refractivity contribution < 1.29 is 4.92 Å². The lowest BCUT2D eigenvalue weighted by Crippen LogP contribution is -2.07. The van der Waals surface area contributed by atoms with Crippen LogP contribution in [0.2, 0.25) is 0 Å². The Labute approximate surface area is 97.0 Å². The molecule has 0 radical (unpaired) electrons. The predicted octanol–water partition coefficient (Wildman–Crippen LogP) is 1.89. The molecular formula is C10H11N5O2. The number of nitrogens with one attached hydrogen (secondary N) is 2. The lowest BCUT2D eigenvalue weighted by atomic mass is 10.1. The topological polar surface area (TPSA) is 96.7 Å². The van der Waals surface area contributed by atoms with Crippen molar-refractivity contribution in [3.63, 3.8) is 0 Å². The summed E-state index contributed by atoms with van der Waals surface area (Å²) in [6.07, 6.45) is 4.75. The van der Waals surface area contributed by atoms with Gasteiger partial charge in [0.15, 0.2) is 5.69 Å². The van der Waals surface area contributed by atoms with Crippen molar-refractivity contribution in [1.29, 1.82) is 0 Å². The fourth-order valence-electron chi connectivity index (χ4n) is 1.49. The normalized spacial score (nSPS) is 12.1. The molecule has 0 fully saturated rings. The van der Waals surface area contributed by atoms with Crippen molar-refractivity contribution in [3.8, 4) is 0 Å². The van der Waals surface area contributed by atoms with Crippen LogP contribution < -0.4 is 5.32 Å². The summed E-state index contributed by atoms with van der Waals surface area (Å²) in [7, 11) is 0. The van der Waals surface area contributed by atoms with Gasteiger partial charge in [-0.1, -0.05) is 5.10 Å². The number of nitrogens with zero attached hydrogens (tertiary/aromatic N) is 3. The second-order valence-electron chi connectivity index (χ2n) is 3.54. The maximum absolute atomic E-state index is 10.7. The summed E-state index contributed by atoms with van der Waals surface area (Å²) in [6, 6.07) is 3.64. The molecule has 17 heavy (non-hydrogen) atoms. The molecule has 7 nitrogen and oxygen atoms in total. The number of H-pyrrole nitrogens is 1. The van der Waals surface area contributed by atoms with E-state index < -0.39 is 4.92 Å². The molecule has 2 aromatic heterocycles. The average molecular weight is 233 g/mol. The standard InChI is InChI=1S/C10H11N5O2/c1-7(8-2-4-11-5-3-8)13-9-6-12-14-10(9)15(16)17/h2-7,13H,1H3,(H,12,14). The Kier molecular flexibility index (Phi) is 2.99. The van der Waals surface area contributed by atoms with Crippen LogP contribution in [0.3, 0.4) is 0 Å². The van der Waals surface area contributed by atoms with Crippen LogP contribution in [0.4, 0.5) is 11.5 Å². The maximum atomic E-state index is 10.7. The first-order valence-electron chi connectivity index (χ1n) is 5.02. The van der Waals surface area contributed by atoms with Crippen molar-refractivity contribution in [3.05, 3.63) is 46.4 Å². The number of hydrogen-bond acceptors (Lipinski definition) is 5. The van der Waals surface area contributed by atoms with Gasteiger partial charge in [-0.2, -0.15) is 0 Å². The highest BCUT2D eigenvalue weighted by Gasteiger charge is 2.16. The van der Waals surface area contributed by atoms with Crippen LogP contribution in [0, 0.1) is 10.1 Å². The van der Waals surface area contributed by atoms with Gasteiger partial charge in [0.05, 0.1) is 0 Å². The van der Waals surface area contributed by atoms with Crippen molar-refractivity contribution in [2.24, 2.45) is 0 Å². The number of anilines is 1. The molecule has 0 aliphatic rings. The zero-order valence-electron chi connectivity index (χ0n) is 9.12. The number of aromatic amines is 1. The maximum Gasteiger partial charge on any atom is 0.366 e. The second-order valence-corrected chi connectivity index (χ2v) is 3.54. The van der Waals surface area contributed by atoms with E-state index >= 15 is 0 Å². The van der Waals surface area contributed by atoms with Crippen molar-refractivity contribution in [1.82, 2.24) is 15.2 Å². The molecule has 2 rings (SSSR count). The van der Waals surface area contributed by atoms with E-state index in [-0.39, 0.29) is 11.9 Å². The predicted molar refractivity (Wildman–Crippen MR) is 61.5 cm³/mol. The van der Waals surface area contributed by atoms with Gasteiger partial charge in [0.25, 0.3) is 0 Å². The minimum Gasteiger partial charge on any atom is -0.370 e. The molecule has 2 aromatic rings. The van der Waals surface area contributed by atoms with E-state index in [0.717, 1.165) is 5.56 Å². The van der Waals surface area contributed by atoms with Gasteiger partial charge in [-0.3, -0.25) is 4.98 Å². The minimum absolute atomic E-state index is 0.0608. The smallest absolute Gasteiger partial charge is 0.366 e. The molecule has 0 saturated carbocycles. The lowest BCUT2D eigenvalue weighted by Gasteiger charge is -2.13. The zero-order chi connectivity index (χ0) is 12.3. The molecule has 2 heterocycles. The molecular weight excluding hydrogens is 222 g/mol. The third kappa shape index (κ3) is 2.39. The fraction of sp³-hybridized carbons (Fsp3) is 0.200. The van der Waals surface area contributed by atoms with Gasteiger partial charge in [-0.05, 0) is 29.5 Å². The van der Waals surface area contributed by atoms with Crippen LogP contribution in [-0.2, 0) is 0 Å². The minimum atomic E-state index is -0.505. The van der Waals surface area contributed by atoms with Crippen LogP contribution in [-0.4, -0.2) is 20.1 Å². The Hall–Kier alpha value is -2.44. The second kappa shape index (κ2) is 4.60. The lowest BCUT2D eigenvalue weighted by molar-refractivity contribution is -0.388. The highest BCUT2D eigenvalue weighted by Crippen LogP contribution is 2.24. The summed E-state index contributed by atoms with van der Waals surface area (Å²) in [4.78, 5) is 14.1. The summed E-state index contributed by atoms with van der Waals surface area (Å²) < 4.78 is 0. The van der Waals surface area contributed by atoms with Gasteiger partial charge in [0.2, 0.25) is 0 Å². The third-order valence-electron chi connectivity index (χ3n) is 2.38. The first kappa shape index (κ1) is 11.1. The van der Waals surface area contributed by atoms with Gasteiger partial charge in [-0.25, -0.2) is 0 Å². The highest BCUT2D eigenvalue weighted by molar-refractivity contribution is 5.56. The van der Waals surface area contributed by atoms with Gasteiger partial charge in [0.1, 0.15) is 6.20 Å². The molecule has 2 N–H and O–H groups in total. The molecule has 0 aromatic carbocycles. The van der Waals surface area contributed by atoms with E-state index in [4.69, 9.17) is 0 Å². The fourth-order valence-corrected chi connectivity index (χ4v) is 1.49. The summed E-state index contributed by atoms with van der Waals surface area (Å²) in [6.45, 7) is 1.91. The number of nitro groups is 1. The first-order chi connectivity index (χ1) is 8.18. The summed E-state index contributed by atoms with van der Waals surface area (Å²) in [5.41, 5.74) is 1.37. The van der Waals surface area contributed by atoms with Gasteiger partial charge < -0.3 is 15.4 Å². The molecule has 1 unspecified atom stereocenters. The number of rotatable bonds is 4. The average Bonchev–Trinajstić information content (AvgIpc) is 2.78. The van der Waals surface area contributed by atoms with Crippen LogP contribution >= 0.6 is 0 Å². The van der Waals surface area contributed by atoms with E-state index in [1.165, 1.54) is 6.20 Å². The molecule has 0 aliphatic carbocycles. The summed E-state index contributed by atoms with van der Waals surface area (Å²) >= 11 is 0. The van der Waals surface area contributed by atoms with E-state index in [2.05, 4.69) is 20.5 Å². The molecule has 7 heteroatoms. The molecule has 0 saturated heterocycles. The van der Waals surface area contributed by atoms with E-state index in [9.17, 15) is 10.1 Å². The monoisotopic (exact) mass is 233 g/mol. The van der Waals surface area contributed by atoms with Crippen LogP contribution in [0.25, 0.3) is 0 Å². The highest BCUT2D eigenvalue weighted by atomic mass is 16.6. The number of aromatic nitrogens is 3. The van der Waals surface area contributed by atoms with Crippen molar-refractivity contribution in [2.45, 2.75) is 13.0 Å². The summed E-state index contributed by atoms with van der Waals surface area (Å²) in [5, 5.41) is 19.7. The third-order valence-corrected chi connectivity index (χ3v) is 2.38. The molecule has 0 bridgehead atoms. The molecule has 0 amide bonds. The SMILES string of the molecule is CC(Nc1cn[nH]c1[N+](=O)[O-])c1ccncc1. The Morgan fingerprint density at radius 1 is 1.47 bits per heavy atom. The Morgan fingerprint density at radius 2 is 2.18 bits per heavy atom. The van der Waals surface area contributed by atoms with Crippen molar-refractivity contribution in [2.75, 3.05) is 5.32 Å². The Morgan fingerprint density at radius 3 is 2.82 bits per heavy atom. The van der Waals surface area contributed by atoms with Crippen LogP contribution in [0.15, 0.2) is 30.7 Å². The Balaban J connectivity index is 2.16. The zero-order valence-corrected chi connectivity index (χ0v) is 9.12. The van der Waals surface area contributed by atoms with E-state index in [1.807, 2.05) is 19.1 Å². The first-order valence-corrected chi connectivity index (χ1v) is 5.02.